The molecule has 0 aliphatic heterocycles. The molecule has 19 heavy (non-hydrogen) atoms. The van der Waals surface area contributed by atoms with Gasteiger partial charge in [-0.15, -0.1) is 0 Å². The number of nitrogens with one attached hydrogen (secondary N) is 1. The fraction of sp³-hybridized carbons (Fsp3) is 0.143. The molecule has 0 atom stereocenters. The molecule has 1 aromatic heterocycles. The molecule has 0 aliphatic rings. The van der Waals surface area contributed by atoms with Crippen molar-refractivity contribution in [2.75, 3.05) is 17.6 Å². The molecule has 1 heterocycles. The standard InChI is InChI=1S/C14H14N4O/c15-8-11-7-13(16)14(18-9-11)17-6-5-10-1-3-12(19)4-2-10/h1-4,7,9,19H,5-6,16H2,(H,17,18). The third-order valence-corrected chi connectivity index (χ3v) is 2.69. The average molecular weight is 254 g/mol. The number of nitrogens with zero attached hydrogens (tertiary/aromatic N) is 2. The average Bonchev–Trinajstić information content (AvgIpc) is 2.42. The van der Waals surface area contributed by atoms with Crippen molar-refractivity contribution in [1.29, 1.82) is 5.26 Å². The molecule has 0 saturated heterocycles. The highest BCUT2D eigenvalue weighted by atomic mass is 16.3. The van der Waals surface area contributed by atoms with E-state index < -0.39 is 0 Å². The predicted octanol–water partition coefficient (Wildman–Crippen LogP) is 1.90. The largest absolute Gasteiger partial charge is 0.508 e. The molecule has 1 aromatic carbocycles. The molecule has 0 amide bonds. The summed E-state index contributed by atoms with van der Waals surface area (Å²) in [6, 6.07) is 10.6. The van der Waals surface area contributed by atoms with Crippen molar-refractivity contribution in [1.82, 2.24) is 4.98 Å². The van der Waals surface area contributed by atoms with E-state index in [0.29, 0.717) is 23.6 Å². The fourth-order valence-corrected chi connectivity index (χ4v) is 1.68. The van der Waals surface area contributed by atoms with Crippen molar-refractivity contribution in [2.24, 2.45) is 0 Å². The number of phenols is 1. The maximum atomic E-state index is 9.18. The Morgan fingerprint density at radius 1 is 1.32 bits per heavy atom. The number of anilines is 2. The Bertz CT molecular complexity index is 602. The van der Waals surface area contributed by atoms with Crippen LogP contribution in [0.5, 0.6) is 5.75 Å². The molecule has 0 saturated carbocycles. The molecular weight excluding hydrogens is 240 g/mol. The molecule has 0 radical (unpaired) electrons. The SMILES string of the molecule is N#Cc1cnc(NCCc2ccc(O)cc2)c(N)c1. The lowest BCUT2D eigenvalue weighted by Crippen LogP contribution is -2.08. The quantitative estimate of drug-likeness (QED) is 0.774. The zero-order chi connectivity index (χ0) is 13.7. The summed E-state index contributed by atoms with van der Waals surface area (Å²) in [5.41, 5.74) is 7.80. The second-order valence-electron chi connectivity index (χ2n) is 4.12. The van der Waals surface area contributed by atoms with Crippen LogP contribution in [0.2, 0.25) is 0 Å². The zero-order valence-electron chi connectivity index (χ0n) is 10.3. The van der Waals surface area contributed by atoms with E-state index in [1.54, 1.807) is 18.2 Å². The van der Waals surface area contributed by atoms with E-state index in [-0.39, 0.29) is 5.75 Å². The van der Waals surface area contributed by atoms with Crippen LogP contribution < -0.4 is 11.1 Å². The number of aromatic hydroxyl groups is 1. The van der Waals surface area contributed by atoms with Crippen LogP contribution in [-0.2, 0) is 6.42 Å². The van der Waals surface area contributed by atoms with Crippen molar-refractivity contribution in [3.8, 4) is 11.8 Å². The maximum Gasteiger partial charge on any atom is 0.149 e. The van der Waals surface area contributed by atoms with Gasteiger partial charge in [-0.25, -0.2) is 4.98 Å². The normalized spacial score (nSPS) is 9.84. The van der Waals surface area contributed by atoms with Crippen molar-refractivity contribution in [3.63, 3.8) is 0 Å². The Kier molecular flexibility index (Phi) is 3.84. The lowest BCUT2D eigenvalue weighted by atomic mass is 10.1. The van der Waals surface area contributed by atoms with Crippen molar-refractivity contribution in [2.45, 2.75) is 6.42 Å². The molecule has 0 unspecified atom stereocenters. The van der Waals surface area contributed by atoms with E-state index in [1.807, 2.05) is 18.2 Å². The van der Waals surface area contributed by atoms with Gasteiger partial charge >= 0.3 is 0 Å². The maximum absolute atomic E-state index is 9.18. The molecule has 0 aliphatic carbocycles. The minimum atomic E-state index is 0.259. The number of rotatable bonds is 4. The van der Waals surface area contributed by atoms with Gasteiger partial charge < -0.3 is 16.2 Å². The third-order valence-electron chi connectivity index (χ3n) is 2.69. The van der Waals surface area contributed by atoms with E-state index in [1.165, 1.54) is 6.20 Å². The molecule has 5 heteroatoms. The van der Waals surface area contributed by atoms with Gasteiger partial charge in [0.25, 0.3) is 0 Å². The zero-order valence-corrected chi connectivity index (χ0v) is 10.3. The van der Waals surface area contributed by atoms with Gasteiger partial charge in [0.05, 0.1) is 11.3 Å². The monoisotopic (exact) mass is 254 g/mol. The van der Waals surface area contributed by atoms with Crippen molar-refractivity contribution < 1.29 is 5.11 Å². The Morgan fingerprint density at radius 3 is 2.68 bits per heavy atom. The van der Waals surface area contributed by atoms with E-state index in [0.717, 1.165) is 12.0 Å². The van der Waals surface area contributed by atoms with Crippen LogP contribution in [0.4, 0.5) is 11.5 Å². The lowest BCUT2D eigenvalue weighted by molar-refractivity contribution is 0.475. The molecule has 2 aromatic rings. The van der Waals surface area contributed by atoms with E-state index >= 15 is 0 Å². The number of hydrogen-bond acceptors (Lipinski definition) is 5. The molecule has 96 valence electrons. The highest BCUT2D eigenvalue weighted by Crippen LogP contribution is 2.16. The first kappa shape index (κ1) is 12.7. The number of pyridine rings is 1. The number of nitrogens with two attached hydrogens (primary N) is 1. The number of nitrogen functional groups attached to an aromatic ring is 1. The Labute approximate surface area is 111 Å². The van der Waals surface area contributed by atoms with Gasteiger partial charge in [0.2, 0.25) is 0 Å². The Balaban J connectivity index is 1.92. The lowest BCUT2D eigenvalue weighted by Gasteiger charge is -2.08. The van der Waals surface area contributed by atoms with Gasteiger partial charge in [-0.05, 0) is 30.2 Å². The highest BCUT2D eigenvalue weighted by molar-refractivity contribution is 5.63. The number of aromatic nitrogens is 1. The second-order valence-corrected chi connectivity index (χ2v) is 4.12. The van der Waals surface area contributed by atoms with Gasteiger partial charge in [0, 0.05) is 12.7 Å². The topological polar surface area (TPSA) is 95.0 Å². The Morgan fingerprint density at radius 2 is 2.05 bits per heavy atom. The van der Waals surface area contributed by atoms with Crippen LogP contribution in [0.15, 0.2) is 36.5 Å². The van der Waals surface area contributed by atoms with Gasteiger partial charge in [-0.2, -0.15) is 5.26 Å². The Hall–Kier alpha value is -2.74. The summed E-state index contributed by atoms with van der Waals surface area (Å²) < 4.78 is 0. The van der Waals surface area contributed by atoms with E-state index in [4.69, 9.17) is 11.0 Å². The minimum Gasteiger partial charge on any atom is -0.508 e. The molecule has 5 nitrogen and oxygen atoms in total. The molecule has 0 bridgehead atoms. The summed E-state index contributed by atoms with van der Waals surface area (Å²) in [7, 11) is 0. The first-order chi connectivity index (χ1) is 9.19. The van der Waals surface area contributed by atoms with Crippen LogP contribution in [0.25, 0.3) is 0 Å². The third kappa shape index (κ3) is 3.36. The number of phenolic OH excluding ortho intramolecular Hbond substituents is 1. The van der Waals surface area contributed by atoms with Crippen molar-refractivity contribution >= 4 is 11.5 Å². The highest BCUT2D eigenvalue weighted by Gasteiger charge is 2.02. The van der Waals surface area contributed by atoms with Gasteiger partial charge in [0.15, 0.2) is 0 Å². The van der Waals surface area contributed by atoms with Crippen molar-refractivity contribution in [3.05, 3.63) is 47.7 Å². The number of hydrogen-bond donors (Lipinski definition) is 3. The molecule has 4 N–H and O–H groups in total. The van der Waals surface area contributed by atoms with Gasteiger partial charge in [-0.3, -0.25) is 0 Å². The summed E-state index contributed by atoms with van der Waals surface area (Å²) >= 11 is 0. The summed E-state index contributed by atoms with van der Waals surface area (Å²) in [6.45, 7) is 0.674. The summed E-state index contributed by atoms with van der Waals surface area (Å²) in [5, 5.41) is 21.0. The van der Waals surface area contributed by atoms with Gasteiger partial charge in [0.1, 0.15) is 17.6 Å². The van der Waals surface area contributed by atoms with Crippen LogP contribution in [0.1, 0.15) is 11.1 Å². The predicted molar refractivity (Wildman–Crippen MR) is 73.7 cm³/mol. The van der Waals surface area contributed by atoms with E-state index in [9.17, 15) is 5.11 Å². The van der Waals surface area contributed by atoms with Crippen LogP contribution in [0, 0.1) is 11.3 Å². The second kappa shape index (κ2) is 5.74. The fourth-order valence-electron chi connectivity index (χ4n) is 1.68. The first-order valence-electron chi connectivity index (χ1n) is 5.86. The minimum absolute atomic E-state index is 0.259. The number of benzene rings is 1. The first-order valence-corrected chi connectivity index (χ1v) is 5.86. The van der Waals surface area contributed by atoms with E-state index in [2.05, 4.69) is 10.3 Å². The van der Waals surface area contributed by atoms with Crippen LogP contribution >= 0.6 is 0 Å². The smallest absolute Gasteiger partial charge is 0.149 e. The number of nitriles is 1. The molecule has 0 spiro atoms. The molecular formula is C14H14N4O. The van der Waals surface area contributed by atoms with Gasteiger partial charge in [-0.1, -0.05) is 12.1 Å². The summed E-state index contributed by atoms with van der Waals surface area (Å²) in [6.07, 6.45) is 2.28. The molecule has 2 rings (SSSR count). The van der Waals surface area contributed by atoms with Crippen LogP contribution in [-0.4, -0.2) is 16.6 Å². The summed E-state index contributed by atoms with van der Waals surface area (Å²) in [4.78, 5) is 4.10. The molecule has 0 fully saturated rings. The summed E-state index contributed by atoms with van der Waals surface area (Å²) in [5.74, 6) is 0.840. The van der Waals surface area contributed by atoms with Crippen LogP contribution in [0.3, 0.4) is 0 Å².